The van der Waals surface area contributed by atoms with Crippen molar-refractivity contribution in [3.05, 3.63) is 86.6 Å². The van der Waals surface area contributed by atoms with Crippen LogP contribution in [0.2, 0.25) is 0 Å². The van der Waals surface area contributed by atoms with E-state index >= 15 is 0 Å². The van der Waals surface area contributed by atoms with E-state index in [0.717, 1.165) is 27.3 Å². The SMILES string of the molecule is CCOc1ccc(/C(O)=C2/C(=O)C(=O)N(c3cccc(C)c3C)C2c2cccs2)cc1C. The van der Waals surface area contributed by atoms with Gasteiger partial charge in [0.15, 0.2) is 0 Å². The Labute approximate surface area is 191 Å². The number of hydrogen-bond acceptors (Lipinski definition) is 5. The first kappa shape index (κ1) is 21.8. The highest BCUT2D eigenvalue weighted by Gasteiger charge is 2.47. The van der Waals surface area contributed by atoms with E-state index in [1.165, 1.54) is 16.2 Å². The van der Waals surface area contributed by atoms with Crippen molar-refractivity contribution in [2.45, 2.75) is 33.7 Å². The third-order valence-electron chi connectivity index (χ3n) is 5.84. The highest BCUT2D eigenvalue weighted by molar-refractivity contribution is 7.10. The molecule has 0 radical (unpaired) electrons. The van der Waals surface area contributed by atoms with Gasteiger partial charge in [-0.25, -0.2) is 0 Å². The van der Waals surface area contributed by atoms with Crippen LogP contribution in [0, 0.1) is 20.8 Å². The first-order chi connectivity index (χ1) is 15.3. The minimum atomic E-state index is -0.692. The fourth-order valence-electron chi connectivity index (χ4n) is 4.06. The third-order valence-corrected chi connectivity index (χ3v) is 6.77. The molecule has 5 nitrogen and oxygen atoms in total. The van der Waals surface area contributed by atoms with Crippen LogP contribution in [0.5, 0.6) is 5.75 Å². The van der Waals surface area contributed by atoms with Gasteiger partial charge in [0.05, 0.1) is 12.2 Å². The number of nitrogens with zero attached hydrogens (tertiary/aromatic N) is 1. The number of hydrogen-bond donors (Lipinski definition) is 1. The molecule has 6 heteroatoms. The minimum absolute atomic E-state index is 0.0990. The van der Waals surface area contributed by atoms with Gasteiger partial charge in [0, 0.05) is 16.1 Å². The second-order valence-electron chi connectivity index (χ2n) is 7.82. The summed E-state index contributed by atoms with van der Waals surface area (Å²) in [6.07, 6.45) is 0. The van der Waals surface area contributed by atoms with Crippen molar-refractivity contribution >= 4 is 34.5 Å². The molecular formula is C26H25NO4S. The number of Topliss-reactive ketones (excluding diaryl/α,β-unsaturated/α-hetero) is 1. The number of anilines is 1. The number of ether oxygens (including phenoxy) is 1. The molecule has 1 N–H and O–H groups in total. The Morgan fingerprint density at radius 2 is 1.84 bits per heavy atom. The number of amides is 1. The van der Waals surface area contributed by atoms with Gasteiger partial charge in [0.2, 0.25) is 0 Å². The van der Waals surface area contributed by atoms with Crippen molar-refractivity contribution in [1.29, 1.82) is 0 Å². The lowest BCUT2D eigenvalue weighted by Gasteiger charge is -2.26. The fourth-order valence-corrected chi connectivity index (χ4v) is 4.89. The maximum absolute atomic E-state index is 13.2. The minimum Gasteiger partial charge on any atom is -0.507 e. The van der Waals surface area contributed by atoms with Gasteiger partial charge in [-0.1, -0.05) is 18.2 Å². The van der Waals surface area contributed by atoms with Crippen LogP contribution in [0.4, 0.5) is 5.69 Å². The predicted molar refractivity (Wildman–Crippen MR) is 127 cm³/mol. The Balaban J connectivity index is 1.91. The maximum atomic E-state index is 13.2. The second-order valence-corrected chi connectivity index (χ2v) is 8.80. The van der Waals surface area contributed by atoms with Crippen LogP contribution in [-0.2, 0) is 9.59 Å². The standard InChI is InChI=1S/C26H25NO4S/c1-5-31-20-12-11-18(14-16(20)3)24(28)22-23(21-10-7-13-32-21)27(26(30)25(22)29)19-9-6-8-15(2)17(19)4/h6-14,23,28H,5H2,1-4H3/b24-22-. The Morgan fingerprint density at radius 1 is 1.06 bits per heavy atom. The first-order valence-electron chi connectivity index (χ1n) is 10.5. The molecule has 1 unspecified atom stereocenters. The topological polar surface area (TPSA) is 66.8 Å². The number of thiophene rings is 1. The van der Waals surface area contributed by atoms with Gasteiger partial charge >= 0.3 is 0 Å². The summed E-state index contributed by atoms with van der Waals surface area (Å²) < 4.78 is 5.59. The van der Waals surface area contributed by atoms with E-state index in [9.17, 15) is 14.7 Å². The summed E-state index contributed by atoms with van der Waals surface area (Å²) in [5, 5.41) is 13.2. The molecule has 1 amide bonds. The molecule has 1 atom stereocenters. The number of rotatable bonds is 5. The number of carbonyl (C=O) groups is 2. The summed E-state index contributed by atoms with van der Waals surface area (Å²) in [6.45, 7) is 8.23. The zero-order valence-electron chi connectivity index (χ0n) is 18.5. The number of aliphatic hydroxyl groups is 1. The van der Waals surface area contributed by atoms with Crippen LogP contribution in [0.15, 0.2) is 59.5 Å². The van der Waals surface area contributed by atoms with E-state index in [0.29, 0.717) is 17.9 Å². The lowest BCUT2D eigenvalue weighted by Crippen LogP contribution is -2.29. The molecule has 164 valence electrons. The van der Waals surface area contributed by atoms with Crippen molar-refractivity contribution in [2.24, 2.45) is 0 Å². The van der Waals surface area contributed by atoms with Gasteiger partial charge in [-0.05, 0) is 80.1 Å². The highest BCUT2D eigenvalue weighted by atomic mass is 32.1. The number of benzene rings is 2. The van der Waals surface area contributed by atoms with E-state index in [-0.39, 0.29) is 11.3 Å². The summed E-state index contributed by atoms with van der Waals surface area (Å²) in [5.41, 5.74) is 4.04. The van der Waals surface area contributed by atoms with Crippen LogP contribution in [0.1, 0.15) is 40.1 Å². The van der Waals surface area contributed by atoms with Crippen LogP contribution >= 0.6 is 11.3 Å². The number of aryl methyl sites for hydroxylation is 2. The molecule has 0 aliphatic carbocycles. The number of aliphatic hydroxyl groups excluding tert-OH is 1. The van der Waals surface area contributed by atoms with Crippen LogP contribution in [-0.4, -0.2) is 23.4 Å². The predicted octanol–water partition coefficient (Wildman–Crippen LogP) is 5.70. The monoisotopic (exact) mass is 447 g/mol. The van der Waals surface area contributed by atoms with E-state index < -0.39 is 17.7 Å². The van der Waals surface area contributed by atoms with Gasteiger partial charge in [0.1, 0.15) is 17.6 Å². The van der Waals surface area contributed by atoms with Gasteiger partial charge in [-0.2, -0.15) is 0 Å². The zero-order chi connectivity index (χ0) is 23.0. The van der Waals surface area contributed by atoms with Gasteiger partial charge in [0.25, 0.3) is 11.7 Å². The Hall–Kier alpha value is -3.38. The normalized spacial score (nSPS) is 17.8. The second kappa shape index (κ2) is 8.63. The van der Waals surface area contributed by atoms with Gasteiger partial charge < -0.3 is 9.84 Å². The van der Waals surface area contributed by atoms with Crippen LogP contribution in [0.3, 0.4) is 0 Å². The summed E-state index contributed by atoms with van der Waals surface area (Å²) >= 11 is 1.45. The highest BCUT2D eigenvalue weighted by Crippen LogP contribution is 2.44. The average Bonchev–Trinajstić information content (AvgIpc) is 3.39. The van der Waals surface area contributed by atoms with Crippen molar-refractivity contribution in [3.63, 3.8) is 0 Å². The molecule has 3 aromatic rings. The average molecular weight is 448 g/mol. The molecule has 0 bridgehead atoms. The third kappa shape index (κ3) is 3.60. The summed E-state index contributed by atoms with van der Waals surface area (Å²) in [5.74, 6) is -0.787. The lowest BCUT2D eigenvalue weighted by atomic mass is 9.98. The Bertz CT molecular complexity index is 1230. The van der Waals surface area contributed by atoms with Crippen LogP contribution in [0.25, 0.3) is 5.76 Å². The molecule has 32 heavy (non-hydrogen) atoms. The smallest absolute Gasteiger partial charge is 0.300 e. The molecule has 1 fully saturated rings. The summed E-state index contributed by atoms with van der Waals surface area (Å²) in [4.78, 5) is 28.8. The molecule has 1 aliphatic rings. The van der Waals surface area contributed by atoms with Crippen LogP contribution < -0.4 is 9.64 Å². The van der Waals surface area contributed by atoms with Crippen molar-refractivity contribution < 1.29 is 19.4 Å². The molecule has 1 saturated heterocycles. The maximum Gasteiger partial charge on any atom is 0.300 e. The van der Waals surface area contributed by atoms with E-state index in [2.05, 4.69) is 0 Å². The molecule has 2 heterocycles. The zero-order valence-corrected chi connectivity index (χ0v) is 19.3. The quantitative estimate of drug-likeness (QED) is 0.310. The molecule has 1 aromatic heterocycles. The molecule has 0 saturated carbocycles. The summed E-state index contributed by atoms with van der Waals surface area (Å²) in [6, 6.07) is 14.0. The number of ketones is 1. The van der Waals surface area contributed by atoms with E-state index in [1.807, 2.05) is 63.4 Å². The van der Waals surface area contributed by atoms with E-state index in [1.54, 1.807) is 18.2 Å². The fraction of sp³-hybridized carbons (Fsp3) is 0.231. The van der Waals surface area contributed by atoms with E-state index in [4.69, 9.17) is 4.74 Å². The number of carbonyl (C=O) groups excluding carboxylic acids is 2. The molecular weight excluding hydrogens is 422 g/mol. The molecule has 0 spiro atoms. The van der Waals surface area contributed by atoms with Crippen molar-refractivity contribution in [1.82, 2.24) is 0 Å². The first-order valence-corrected chi connectivity index (χ1v) is 11.4. The van der Waals surface area contributed by atoms with Gasteiger partial charge in [-0.15, -0.1) is 11.3 Å². The Morgan fingerprint density at radius 3 is 2.50 bits per heavy atom. The lowest BCUT2D eigenvalue weighted by molar-refractivity contribution is -0.132. The molecule has 4 rings (SSSR count). The molecule has 2 aromatic carbocycles. The largest absolute Gasteiger partial charge is 0.507 e. The Kier molecular flexibility index (Phi) is 5.89. The molecule has 1 aliphatic heterocycles. The van der Waals surface area contributed by atoms with Gasteiger partial charge in [-0.3, -0.25) is 14.5 Å². The summed E-state index contributed by atoms with van der Waals surface area (Å²) in [7, 11) is 0. The van der Waals surface area contributed by atoms with Crippen molar-refractivity contribution in [3.8, 4) is 5.75 Å². The van der Waals surface area contributed by atoms with Crippen molar-refractivity contribution in [2.75, 3.05) is 11.5 Å².